The van der Waals surface area contributed by atoms with Crippen LogP contribution in [0, 0.1) is 0 Å². The maximum absolute atomic E-state index is 12.1. The number of rotatable bonds is 8. The molecule has 0 aliphatic rings. The number of hydrogen-bond donors (Lipinski definition) is 3. The van der Waals surface area contributed by atoms with Gasteiger partial charge in [0, 0.05) is 29.4 Å². The number of aromatic nitrogens is 3. The minimum Gasteiger partial charge on any atom is -0.363 e. The summed E-state index contributed by atoms with van der Waals surface area (Å²) in [5.41, 5.74) is 4.66. The summed E-state index contributed by atoms with van der Waals surface area (Å²) in [7, 11) is 0. The molecule has 0 unspecified atom stereocenters. The molecule has 0 spiro atoms. The van der Waals surface area contributed by atoms with E-state index >= 15 is 0 Å². The number of H-pyrrole nitrogens is 1. The minimum atomic E-state index is 0.0444. The molecule has 0 bridgehead atoms. The van der Waals surface area contributed by atoms with E-state index in [9.17, 15) is 4.79 Å². The number of hydrogen-bond acceptors (Lipinski definition) is 4. The first-order valence-corrected chi connectivity index (χ1v) is 10.7. The third-order valence-corrected chi connectivity index (χ3v) is 5.29. The highest BCUT2D eigenvalue weighted by Gasteiger charge is 2.13. The summed E-state index contributed by atoms with van der Waals surface area (Å²) >= 11 is 0. The molecule has 0 saturated carbocycles. The molecule has 158 valence electrons. The van der Waals surface area contributed by atoms with Gasteiger partial charge in [0.05, 0.1) is 5.39 Å². The number of nitrogens with zero attached hydrogens (tertiary/aromatic N) is 2. The molecule has 1 atom stereocenters. The number of amides is 1. The molecule has 0 aliphatic heterocycles. The van der Waals surface area contributed by atoms with E-state index in [-0.39, 0.29) is 11.9 Å². The topological polar surface area (TPSA) is 82.7 Å². The van der Waals surface area contributed by atoms with E-state index in [4.69, 9.17) is 0 Å². The van der Waals surface area contributed by atoms with Crippen molar-refractivity contribution in [2.45, 2.75) is 39.2 Å². The van der Waals surface area contributed by atoms with Crippen molar-refractivity contribution in [2.24, 2.45) is 0 Å². The molecule has 6 heteroatoms. The fourth-order valence-electron chi connectivity index (χ4n) is 3.57. The highest BCUT2D eigenvalue weighted by molar-refractivity contribution is 5.93. The lowest BCUT2D eigenvalue weighted by molar-refractivity contribution is -0.116. The Morgan fingerprint density at radius 2 is 1.90 bits per heavy atom. The number of carbonyl (C=O) groups excluding carboxylic acids is 1. The van der Waals surface area contributed by atoms with Crippen molar-refractivity contribution in [3.05, 3.63) is 72.6 Å². The highest BCUT2D eigenvalue weighted by atomic mass is 16.1. The molecule has 2 aromatic heterocycles. The van der Waals surface area contributed by atoms with Gasteiger partial charge in [0.15, 0.2) is 0 Å². The van der Waals surface area contributed by atoms with E-state index in [1.54, 1.807) is 6.33 Å². The van der Waals surface area contributed by atoms with Crippen molar-refractivity contribution in [1.29, 1.82) is 0 Å². The normalized spacial score (nSPS) is 11.9. The number of aromatic amines is 1. The first-order valence-electron chi connectivity index (χ1n) is 10.7. The van der Waals surface area contributed by atoms with Crippen LogP contribution in [0.3, 0.4) is 0 Å². The van der Waals surface area contributed by atoms with Crippen molar-refractivity contribution in [3.63, 3.8) is 0 Å². The lowest BCUT2D eigenvalue weighted by Crippen LogP contribution is -2.10. The molecule has 2 aromatic carbocycles. The van der Waals surface area contributed by atoms with Crippen LogP contribution in [0.25, 0.3) is 22.3 Å². The van der Waals surface area contributed by atoms with Gasteiger partial charge in [-0.3, -0.25) is 4.79 Å². The summed E-state index contributed by atoms with van der Waals surface area (Å²) in [6.07, 6.45) is 4.00. The van der Waals surface area contributed by atoms with Gasteiger partial charge < -0.3 is 15.6 Å². The Bertz CT molecular complexity index is 1170. The maximum Gasteiger partial charge on any atom is 0.224 e. The maximum atomic E-state index is 12.1. The summed E-state index contributed by atoms with van der Waals surface area (Å²) in [4.78, 5) is 24.3. The quantitative estimate of drug-likeness (QED) is 0.334. The number of fused-ring (bicyclic) bond motifs is 1. The van der Waals surface area contributed by atoms with Crippen LogP contribution >= 0.6 is 0 Å². The van der Waals surface area contributed by atoms with Gasteiger partial charge in [-0.05, 0) is 37.1 Å². The lowest BCUT2D eigenvalue weighted by atomic mass is 10.1. The molecule has 0 radical (unpaired) electrons. The summed E-state index contributed by atoms with van der Waals surface area (Å²) < 4.78 is 0. The molecule has 31 heavy (non-hydrogen) atoms. The fourth-order valence-corrected chi connectivity index (χ4v) is 3.57. The molecule has 4 rings (SSSR count). The Hall–Kier alpha value is -3.67. The zero-order valence-corrected chi connectivity index (χ0v) is 17.9. The van der Waals surface area contributed by atoms with Crippen LogP contribution < -0.4 is 10.6 Å². The second-order valence-electron chi connectivity index (χ2n) is 7.68. The Labute approximate surface area is 182 Å². The Morgan fingerprint density at radius 1 is 1.06 bits per heavy atom. The molecule has 3 N–H and O–H groups in total. The monoisotopic (exact) mass is 413 g/mol. The molecule has 1 amide bonds. The largest absolute Gasteiger partial charge is 0.363 e. The molecular formula is C25H27N5O. The van der Waals surface area contributed by atoms with Gasteiger partial charge in [-0.25, -0.2) is 9.97 Å². The van der Waals surface area contributed by atoms with Crippen LogP contribution in [0.5, 0.6) is 0 Å². The van der Waals surface area contributed by atoms with Gasteiger partial charge in [-0.15, -0.1) is 0 Å². The first-order chi connectivity index (χ1) is 15.1. The zero-order chi connectivity index (χ0) is 21.6. The SMILES string of the molecule is CCCCC(=O)Nc1cccc(-c2cc3c(N[C@H](C)c4ccccc4)ncnc3[nH]2)c1. The average Bonchev–Trinajstić information content (AvgIpc) is 3.24. The van der Waals surface area contributed by atoms with E-state index in [1.807, 2.05) is 48.5 Å². The predicted molar refractivity (Wildman–Crippen MR) is 126 cm³/mol. The van der Waals surface area contributed by atoms with Gasteiger partial charge >= 0.3 is 0 Å². The van der Waals surface area contributed by atoms with Crippen LogP contribution in [0.2, 0.25) is 0 Å². The van der Waals surface area contributed by atoms with Crippen LogP contribution in [-0.2, 0) is 4.79 Å². The smallest absolute Gasteiger partial charge is 0.224 e. The summed E-state index contributed by atoms with van der Waals surface area (Å²) in [5.74, 6) is 0.829. The van der Waals surface area contributed by atoms with Crippen molar-refractivity contribution in [3.8, 4) is 11.3 Å². The molecule has 0 fully saturated rings. The molecule has 0 saturated heterocycles. The summed E-state index contributed by atoms with van der Waals surface area (Å²) in [5, 5.41) is 7.41. The number of anilines is 2. The van der Waals surface area contributed by atoms with Crippen LogP contribution in [0.15, 0.2) is 67.0 Å². The second-order valence-corrected chi connectivity index (χ2v) is 7.68. The van der Waals surface area contributed by atoms with Crippen molar-refractivity contribution >= 4 is 28.4 Å². The molecular weight excluding hydrogens is 386 g/mol. The third kappa shape index (κ3) is 4.91. The van der Waals surface area contributed by atoms with Crippen molar-refractivity contribution in [1.82, 2.24) is 15.0 Å². The standard InChI is InChI=1S/C25H27N5O/c1-3-4-13-23(31)29-20-12-8-11-19(14-20)22-15-21-24(26-16-27-25(21)30-22)28-17(2)18-9-6-5-7-10-18/h5-12,14-17H,3-4,13H2,1-2H3,(H,29,31)(H2,26,27,28,30)/t17-/m1/s1. The molecule has 4 aromatic rings. The van der Waals surface area contributed by atoms with Crippen LogP contribution in [0.1, 0.15) is 44.7 Å². The Morgan fingerprint density at radius 3 is 2.71 bits per heavy atom. The van der Waals surface area contributed by atoms with E-state index < -0.39 is 0 Å². The van der Waals surface area contributed by atoms with E-state index in [0.717, 1.165) is 46.6 Å². The molecule has 0 aliphatic carbocycles. The lowest BCUT2D eigenvalue weighted by Gasteiger charge is -2.15. The minimum absolute atomic E-state index is 0.0444. The summed E-state index contributed by atoms with van der Waals surface area (Å²) in [6, 6.07) is 20.3. The van der Waals surface area contributed by atoms with E-state index in [1.165, 1.54) is 5.56 Å². The van der Waals surface area contributed by atoms with Crippen molar-refractivity contribution < 1.29 is 4.79 Å². The van der Waals surface area contributed by atoms with Crippen LogP contribution in [-0.4, -0.2) is 20.9 Å². The number of benzene rings is 2. The fraction of sp³-hybridized carbons (Fsp3) is 0.240. The molecule has 2 heterocycles. The average molecular weight is 414 g/mol. The van der Waals surface area contributed by atoms with Gasteiger partial charge in [-0.1, -0.05) is 55.8 Å². The van der Waals surface area contributed by atoms with Gasteiger partial charge in [0.25, 0.3) is 0 Å². The van der Waals surface area contributed by atoms with E-state index in [0.29, 0.717) is 6.42 Å². The number of unbranched alkanes of at least 4 members (excludes halogenated alkanes) is 1. The van der Waals surface area contributed by atoms with Gasteiger partial charge in [0.1, 0.15) is 17.8 Å². The number of carbonyl (C=O) groups is 1. The second kappa shape index (κ2) is 9.43. The first kappa shape index (κ1) is 20.6. The number of nitrogens with one attached hydrogen (secondary N) is 3. The van der Waals surface area contributed by atoms with E-state index in [2.05, 4.69) is 51.6 Å². The molecule has 6 nitrogen and oxygen atoms in total. The van der Waals surface area contributed by atoms with Crippen molar-refractivity contribution in [2.75, 3.05) is 10.6 Å². The zero-order valence-electron chi connectivity index (χ0n) is 17.9. The third-order valence-electron chi connectivity index (χ3n) is 5.29. The summed E-state index contributed by atoms with van der Waals surface area (Å²) in [6.45, 7) is 4.19. The Balaban J connectivity index is 1.58. The van der Waals surface area contributed by atoms with Gasteiger partial charge in [-0.2, -0.15) is 0 Å². The Kier molecular flexibility index (Phi) is 6.26. The highest BCUT2D eigenvalue weighted by Crippen LogP contribution is 2.30. The van der Waals surface area contributed by atoms with Crippen LogP contribution in [0.4, 0.5) is 11.5 Å². The van der Waals surface area contributed by atoms with Gasteiger partial charge in [0.2, 0.25) is 5.91 Å². The predicted octanol–water partition coefficient (Wildman–Crippen LogP) is 5.93.